The van der Waals surface area contributed by atoms with Crippen molar-refractivity contribution in [3.8, 4) is 0 Å². The lowest BCUT2D eigenvalue weighted by Gasteiger charge is -2.31. The van der Waals surface area contributed by atoms with E-state index in [-0.39, 0.29) is 17.9 Å². The first kappa shape index (κ1) is 16.3. The summed E-state index contributed by atoms with van der Waals surface area (Å²) in [7, 11) is 0. The summed E-state index contributed by atoms with van der Waals surface area (Å²) in [6.07, 6.45) is 2.94. The summed E-state index contributed by atoms with van der Waals surface area (Å²) in [5.74, 6) is 0.0836. The number of hydrogen-bond acceptors (Lipinski definition) is 2. The van der Waals surface area contributed by atoms with E-state index in [0.29, 0.717) is 31.7 Å². The van der Waals surface area contributed by atoms with Gasteiger partial charge < -0.3 is 14.8 Å². The highest BCUT2D eigenvalue weighted by Gasteiger charge is 2.31. The fourth-order valence-electron chi connectivity index (χ4n) is 3.19. The number of aromatic amines is 1. The van der Waals surface area contributed by atoms with Crippen LogP contribution in [0.1, 0.15) is 35.8 Å². The largest absolute Gasteiger partial charge is 0.357 e. The molecule has 1 aromatic carbocycles. The first-order valence-corrected chi connectivity index (χ1v) is 8.45. The van der Waals surface area contributed by atoms with E-state index in [1.54, 1.807) is 17.2 Å². The van der Waals surface area contributed by atoms with Crippen LogP contribution in [-0.2, 0) is 11.3 Å². The van der Waals surface area contributed by atoms with Gasteiger partial charge in [-0.05, 0) is 24.1 Å². The molecule has 0 saturated carbocycles. The molecular weight excluding hydrogens is 302 g/mol. The van der Waals surface area contributed by atoms with Crippen molar-refractivity contribution in [3.63, 3.8) is 0 Å². The van der Waals surface area contributed by atoms with Crippen molar-refractivity contribution in [2.45, 2.75) is 32.4 Å². The number of H-pyrrole nitrogens is 1. The van der Waals surface area contributed by atoms with Gasteiger partial charge in [0.15, 0.2) is 0 Å². The normalized spacial score (nSPS) is 18.5. The molecule has 0 radical (unpaired) electrons. The van der Waals surface area contributed by atoms with Crippen LogP contribution in [0.25, 0.3) is 0 Å². The Morgan fingerprint density at radius 2 is 2.00 bits per heavy atom. The fraction of sp³-hybridized carbons (Fsp3) is 0.368. The maximum Gasteiger partial charge on any atom is 0.270 e. The monoisotopic (exact) mass is 325 g/mol. The number of carbonyl (C=O) groups is 2. The molecule has 0 bridgehead atoms. The van der Waals surface area contributed by atoms with E-state index in [9.17, 15) is 9.59 Å². The number of aromatic nitrogens is 1. The summed E-state index contributed by atoms with van der Waals surface area (Å²) in [5.41, 5.74) is 1.70. The Labute approximate surface area is 142 Å². The molecule has 1 atom stereocenters. The van der Waals surface area contributed by atoms with Crippen LogP contribution >= 0.6 is 0 Å². The lowest BCUT2D eigenvalue weighted by molar-refractivity contribution is -0.133. The van der Waals surface area contributed by atoms with Crippen LogP contribution in [0.15, 0.2) is 48.7 Å². The third kappa shape index (κ3) is 3.50. The molecule has 1 aliphatic rings. The summed E-state index contributed by atoms with van der Waals surface area (Å²) < 4.78 is 0. The highest BCUT2D eigenvalue weighted by Crippen LogP contribution is 2.19. The Hall–Kier alpha value is -2.56. The van der Waals surface area contributed by atoms with Gasteiger partial charge in [0.25, 0.3) is 5.91 Å². The van der Waals surface area contributed by atoms with Crippen molar-refractivity contribution in [1.29, 1.82) is 0 Å². The molecule has 1 fully saturated rings. The van der Waals surface area contributed by atoms with Gasteiger partial charge in [0.05, 0.1) is 0 Å². The average Bonchev–Trinajstić information content (AvgIpc) is 3.10. The minimum Gasteiger partial charge on any atom is -0.357 e. The second kappa shape index (κ2) is 7.34. The summed E-state index contributed by atoms with van der Waals surface area (Å²) in [4.78, 5) is 31.9. The molecule has 1 aliphatic heterocycles. The first-order chi connectivity index (χ1) is 11.7. The van der Waals surface area contributed by atoms with E-state index in [4.69, 9.17) is 0 Å². The molecule has 1 N–H and O–H groups in total. The minimum absolute atomic E-state index is 0.0344. The van der Waals surface area contributed by atoms with E-state index >= 15 is 0 Å². The zero-order chi connectivity index (χ0) is 16.9. The molecule has 126 valence electrons. The van der Waals surface area contributed by atoms with Gasteiger partial charge in [-0.15, -0.1) is 0 Å². The predicted molar refractivity (Wildman–Crippen MR) is 92.4 cm³/mol. The topological polar surface area (TPSA) is 56.4 Å². The zero-order valence-corrected chi connectivity index (χ0v) is 13.9. The van der Waals surface area contributed by atoms with Crippen LogP contribution in [0.4, 0.5) is 0 Å². The van der Waals surface area contributed by atoms with E-state index < -0.39 is 0 Å². The van der Waals surface area contributed by atoms with Gasteiger partial charge in [-0.25, -0.2) is 0 Å². The van der Waals surface area contributed by atoms with Crippen molar-refractivity contribution in [3.05, 3.63) is 59.9 Å². The van der Waals surface area contributed by atoms with Crippen LogP contribution in [-0.4, -0.2) is 45.7 Å². The summed E-state index contributed by atoms with van der Waals surface area (Å²) in [5, 5.41) is 0. The third-order valence-electron chi connectivity index (χ3n) is 4.57. The van der Waals surface area contributed by atoms with Crippen LogP contribution in [0, 0.1) is 0 Å². The van der Waals surface area contributed by atoms with Crippen LogP contribution in [0.3, 0.4) is 0 Å². The van der Waals surface area contributed by atoms with Gasteiger partial charge in [0.1, 0.15) is 5.69 Å². The number of nitrogens with one attached hydrogen (secondary N) is 1. The Kier molecular flexibility index (Phi) is 4.99. The van der Waals surface area contributed by atoms with Gasteiger partial charge in [0.2, 0.25) is 5.91 Å². The van der Waals surface area contributed by atoms with Crippen molar-refractivity contribution in [2.75, 3.05) is 13.1 Å². The Balaban J connectivity index is 1.77. The first-order valence-electron chi connectivity index (χ1n) is 8.45. The second-order valence-electron chi connectivity index (χ2n) is 6.15. The summed E-state index contributed by atoms with van der Waals surface area (Å²) >= 11 is 0. The van der Waals surface area contributed by atoms with Crippen LogP contribution < -0.4 is 0 Å². The highest BCUT2D eigenvalue weighted by atomic mass is 16.2. The molecule has 5 heteroatoms. The number of nitrogens with zero attached hydrogens (tertiary/aromatic N) is 2. The maximum atomic E-state index is 12.6. The van der Waals surface area contributed by atoms with Crippen molar-refractivity contribution >= 4 is 11.8 Å². The molecule has 2 aromatic rings. The standard InChI is InChI=1S/C19H23N3O2/c1-2-16-14-21(19(24)17-9-6-11-20-17)12-10-18(23)22(16)13-15-7-4-3-5-8-15/h3-9,11,16,20H,2,10,12-14H2,1H3. The van der Waals surface area contributed by atoms with Crippen LogP contribution in [0.5, 0.6) is 0 Å². The Morgan fingerprint density at radius 1 is 1.21 bits per heavy atom. The average molecular weight is 325 g/mol. The summed E-state index contributed by atoms with van der Waals surface area (Å²) in [6.45, 7) is 3.71. The molecular formula is C19H23N3O2. The van der Waals surface area contributed by atoms with Gasteiger partial charge >= 0.3 is 0 Å². The van der Waals surface area contributed by atoms with Crippen LogP contribution in [0.2, 0.25) is 0 Å². The molecule has 3 rings (SSSR count). The SMILES string of the molecule is CCC1CN(C(=O)c2ccc[nH]2)CCC(=O)N1Cc1ccccc1. The van der Waals surface area contributed by atoms with E-state index in [0.717, 1.165) is 12.0 Å². The molecule has 0 aliphatic carbocycles. The zero-order valence-electron chi connectivity index (χ0n) is 13.9. The highest BCUT2D eigenvalue weighted by molar-refractivity contribution is 5.93. The molecule has 24 heavy (non-hydrogen) atoms. The number of hydrogen-bond donors (Lipinski definition) is 1. The van der Waals surface area contributed by atoms with Crippen molar-refractivity contribution < 1.29 is 9.59 Å². The Bertz CT molecular complexity index is 682. The van der Waals surface area contributed by atoms with E-state index in [2.05, 4.69) is 11.9 Å². The van der Waals surface area contributed by atoms with Gasteiger partial charge in [0, 0.05) is 38.3 Å². The third-order valence-corrected chi connectivity index (χ3v) is 4.57. The molecule has 2 heterocycles. The Morgan fingerprint density at radius 3 is 2.67 bits per heavy atom. The maximum absolute atomic E-state index is 12.6. The summed E-state index contributed by atoms with van der Waals surface area (Å²) in [6, 6.07) is 13.6. The molecule has 1 saturated heterocycles. The lowest BCUT2D eigenvalue weighted by Crippen LogP contribution is -2.43. The molecule has 1 aromatic heterocycles. The molecule has 1 unspecified atom stereocenters. The number of carbonyl (C=O) groups excluding carboxylic acids is 2. The lowest BCUT2D eigenvalue weighted by atomic mass is 10.1. The van der Waals surface area contributed by atoms with Gasteiger partial charge in [-0.1, -0.05) is 37.3 Å². The minimum atomic E-state index is -0.0344. The quantitative estimate of drug-likeness (QED) is 0.939. The smallest absolute Gasteiger partial charge is 0.270 e. The fourth-order valence-corrected chi connectivity index (χ4v) is 3.19. The molecule has 2 amide bonds. The van der Waals surface area contributed by atoms with Gasteiger partial charge in [-0.2, -0.15) is 0 Å². The molecule has 5 nitrogen and oxygen atoms in total. The number of rotatable bonds is 4. The van der Waals surface area contributed by atoms with Crippen molar-refractivity contribution in [1.82, 2.24) is 14.8 Å². The van der Waals surface area contributed by atoms with E-state index in [1.165, 1.54) is 0 Å². The number of benzene rings is 1. The predicted octanol–water partition coefficient (Wildman–Crippen LogP) is 2.67. The van der Waals surface area contributed by atoms with Gasteiger partial charge in [-0.3, -0.25) is 9.59 Å². The van der Waals surface area contributed by atoms with Crippen molar-refractivity contribution in [2.24, 2.45) is 0 Å². The number of amides is 2. The second-order valence-corrected chi connectivity index (χ2v) is 6.15. The van der Waals surface area contributed by atoms with E-state index in [1.807, 2.05) is 41.3 Å². The molecule has 0 spiro atoms.